The summed E-state index contributed by atoms with van der Waals surface area (Å²) in [6, 6.07) is 1.99. The molecule has 2 aromatic rings. The molecule has 6 heteroatoms. The van der Waals surface area contributed by atoms with Gasteiger partial charge in [0.05, 0.1) is 0 Å². The molecule has 0 aliphatic carbocycles. The Kier molecular flexibility index (Phi) is 2.64. The van der Waals surface area contributed by atoms with E-state index in [-0.39, 0.29) is 0 Å². The van der Waals surface area contributed by atoms with E-state index in [4.69, 9.17) is 5.73 Å². The topological polar surface area (TPSA) is 69.1 Å². The van der Waals surface area contributed by atoms with Gasteiger partial charge in [0, 0.05) is 18.0 Å². The summed E-state index contributed by atoms with van der Waals surface area (Å²) in [7, 11) is 0. The molecule has 14 heavy (non-hydrogen) atoms. The molecule has 0 spiro atoms. The molecule has 74 valence electrons. The molecule has 5 nitrogen and oxygen atoms in total. The molecule has 2 rings (SSSR count). The highest BCUT2D eigenvalue weighted by Crippen LogP contribution is 2.17. The van der Waals surface area contributed by atoms with E-state index < -0.39 is 0 Å². The maximum absolute atomic E-state index is 5.45. The zero-order valence-corrected chi connectivity index (χ0v) is 8.66. The van der Waals surface area contributed by atoms with Crippen molar-refractivity contribution >= 4 is 17.5 Å². The van der Waals surface area contributed by atoms with Crippen LogP contribution in [0, 0.1) is 6.92 Å². The van der Waals surface area contributed by atoms with Crippen LogP contribution in [0.5, 0.6) is 0 Å². The highest BCUT2D eigenvalue weighted by molar-refractivity contribution is 7.99. The van der Waals surface area contributed by atoms with E-state index in [9.17, 15) is 0 Å². The third kappa shape index (κ3) is 1.71. The second-order valence-electron chi connectivity index (χ2n) is 2.84. The van der Waals surface area contributed by atoms with Crippen LogP contribution in [0.3, 0.4) is 0 Å². The maximum atomic E-state index is 5.45. The quantitative estimate of drug-likeness (QED) is 0.588. The number of hydrogen-bond donors (Lipinski definition) is 1. The van der Waals surface area contributed by atoms with Crippen LogP contribution in [0.25, 0.3) is 5.78 Å². The van der Waals surface area contributed by atoms with Crippen LogP contribution >= 0.6 is 11.8 Å². The lowest BCUT2D eigenvalue weighted by atomic mass is 10.5. The van der Waals surface area contributed by atoms with Crippen LogP contribution in [-0.2, 0) is 0 Å². The Labute approximate surface area is 85.7 Å². The minimum absolute atomic E-state index is 0.643. The molecule has 0 aromatic carbocycles. The molecule has 2 heterocycles. The van der Waals surface area contributed by atoms with Gasteiger partial charge in [-0.1, -0.05) is 0 Å². The number of aryl methyl sites for hydroxylation is 1. The first kappa shape index (κ1) is 9.42. The van der Waals surface area contributed by atoms with Crippen LogP contribution in [-0.4, -0.2) is 31.9 Å². The van der Waals surface area contributed by atoms with E-state index in [2.05, 4.69) is 15.1 Å². The standard InChI is InChI=1S/C8H11N5S/c1-6-4-7(14-3-2-9)13-8(12-6)10-5-11-13/h4-5H,2-3,9H2,1H3. The first-order valence-corrected chi connectivity index (χ1v) is 5.30. The molecule has 0 aliphatic heterocycles. The van der Waals surface area contributed by atoms with Gasteiger partial charge < -0.3 is 5.73 Å². The summed E-state index contributed by atoms with van der Waals surface area (Å²) in [6.45, 7) is 2.60. The summed E-state index contributed by atoms with van der Waals surface area (Å²) < 4.78 is 1.73. The van der Waals surface area contributed by atoms with Gasteiger partial charge in [-0.3, -0.25) is 0 Å². The number of fused-ring (bicyclic) bond motifs is 1. The fourth-order valence-electron chi connectivity index (χ4n) is 1.16. The number of hydrogen-bond acceptors (Lipinski definition) is 5. The molecule has 0 amide bonds. The summed E-state index contributed by atoms with van der Waals surface area (Å²) >= 11 is 1.66. The normalized spacial score (nSPS) is 11.0. The van der Waals surface area contributed by atoms with Gasteiger partial charge in [-0.15, -0.1) is 11.8 Å². The molecule has 2 N–H and O–H groups in total. The number of aromatic nitrogens is 4. The molecular weight excluding hydrogens is 198 g/mol. The third-order valence-corrected chi connectivity index (χ3v) is 2.74. The van der Waals surface area contributed by atoms with Gasteiger partial charge in [0.15, 0.2) is 0 Å². The van der Waals surface area contributed by atoms with Crippen LogP contribution in [0.15, 0.2) is 17.4 Å². The fraction of sp³-hybridized carbons (Fsp3) is 0.375. The molecule has 0 unspecified atom stereocenters. The van der Waals surface area contributed by atoms with Crippen LogP contribution in [0.1, 0.15) is 5.69 Å². The summed E-state index contributed by atoms with van der Waals surface area (Å²) in [5.74, 6) is 1.52. The molecule has 0 atom stereocenters. The average molecular weight is 209 g/mol. The SMILES string of the molecule is Cc1cc(SCCN)n2ncnc2n1. The number of thioether (sulfide) groups is 1. The monoisotopic (exact) mass is 209 g/mol. The van der Waals surface area contributed by atoms with Crippen molar-refractivity contribution in [2.75, 3.05) is 12.3 Å². The van der Waals surface area contributed by atoms with Crippen molar-refractivity contribution in [2.45, 2.75) is 11.9 Å². The highest BCUT2D eigenvalue weighted by Gasteiger charge is 2.04. The molecule has 2 aromatic heterocycles. The Hall–Kier alpha value is -1.14. The Morgan fingerprint density at radius 3 is 3.21 bits per heavy atom. The molecule has 0 saturated carbocycles. The van der Waals surface area contributed by atoms with E-state index in [0.29, 0.717) is 12.3 Å². The van der Waals surface area contributed by atoms with Crippen molar-refractivity contribution in [3.8, 4) is 0 Å². The maximum Gasteiger partial charge on any atom is 0.253 e. The lowest BCUT2D eigenvalue weighted by molar-refractivity contribution is 0.833. The third-order valence-electron chi connectivity index (χ3n) is 1.72. The van der Waals surface area contributed by atoms with Crippen molar-refractivity contribution in [3.05, 3.63) is 18.1 Å². The molecule has 0 fully saturated rings. The van der Waals surface area contributed by atoms with Gasteiger partial charge in [-0.05, 0) is 13.0 Å². The Morgan fingerprint density at radius 2 is 2.43 bits per heavy atom. The minimum atomic E-state index is 0.643. The van der Waals surface area contributed by atoms with Crippen molar-refractivity contribution < 1.29 is 0 Å². The van der Waals surface area contributed by atoms with Crippen LogP contribution in [0.4, 0.5) is 0 Å². The smallest absolute Gasteiger partial charge is 0.253 e. The Morgan fingerprint density at radius 1 is 1.57 bits per heavy atom. The van der Waals surface area contributed by atoms with Gasteiger partial charge in [-0.25, -0.2) is 4.98 Å². The number of rotatable bonds is 3. The minimum Gasteiger partial charge on any atom is -0.330 e. The van der Waals surface area contributed by atoms with Crippen molar-refractivity contribution in [1.82, 2.24) is 19.6 Å². The van der Waals surface area contributed by atoms with E-state index in [1.807, 2.05) is 13.0 Å². The lowest BCUT2D eigenvalue weighted by Gasteiger charge is -2.03. The van der Waals surface area contributed by atoms with E-state index in [0.717, 1.165) is 16.5 Å². The summed E-state index contributed by atoms with van der Waals surface area (Å²) in [6.07, 6.45) is 1.51. The Bertz CT molecular complexity index is 438. The first-order valence-electron chi connectivity index (χ1n) is 4.31. The highest BCUT2D eigenvalue weighted by atomic mass is 32.2. The molecule has 0 saturated heterocycles. The zero-order valence-electron chi connectivity index (χ0n) is 7.84. The predicted molar refractivity (Wildman–Crippen MR) is 55.3 cm³/mol. The van der Waals surface area contributed by atoms with Gasteiger partial charge in [0.1, 0.15) is 11.4 Å². The molecule has 0 aliphatic rings. The van der Waals surface area contributed by atoms with E-state index >= 15 is 0 Å². The van der Waals surface area contributed by atoms with E-state index in [1.54, 1.807) is 16.3 Å². The van der Waals surface area contributed by atoms with Gasteiger partial charge in [-0.2, -0.15) is 14.6 Å². The van der Waals surface area contributed by atoms with Gasteiger partial charge in [0.2, 0.25) is 0 Å². The fourth-order valence-corrected chi connectivity index (χ4v) is 2.00. The lowest BCUT2D eigenvalue weighted by Crippen LogP contribution is -2.03. The second-order valence-corrected chi connectivity index (χ2v) is 3.96. The van der Waals surface area contributed by atoms with Crippen LogP contribution < -0.4 is 5.73 Å². The van der Waals surface area contributed by atoms with Gasteiger partial charge in [0.25, 0.3) is 5.78 Å². The number of nitrogens with two attached hydrogens (primary N) is 1. The average Bonchev–Trinajstić information content (AvgIpc) is 2.61. The zero-order chi connectivity index (χ0) is 9.97. The van der Waals surface area contributed by atoms with Crippen LogP contribution in [0.2, 0.25) is 0 Å². The summed E-state index contributed by atoms with van der Waals surface area (Å²) in [5, 5.41) is 5.13. The predicted octanol–water partition coefficient (Wildman–Crippen LogP) is 0.484. The number of nitrogens with zero attached hydrogens (tertiary/aromatic N) is 4. The van der Waals surface area contributed by atoms with Crippen molar-refractivity contribution in [3.63, 3.8) is 0 Å². The molecule has 0 radical (unpaired) electrons. The largest absolute Gasteiger partial charge is 0.330 e. The summed E-state index contributed by atoms with van der Waals surface area (Å²) in [5.41, 5.74) is 6.40. The van der Waals surface area contributed by atoms with Crippen molar-refractivity contribution in [1.29, 1.82) is 0 Å². The molecular formula is C8H11N5S. The van der Waals surface area contributed by atoms with E-state index in [1.165, 1.54) is 6.33 Å². The van der Waals surface area contributed by atoms with Crippen molar-refractivity contribution in [2.24, 2.45) is 5.73 Å². The first-order chi connectivity index (χ1) is 6.81. The second kappa shape index (κ2) is 3.93. The molecule has 0 bridgehead atoms. The van der Waals surface area contributed by atoms with Gasteiger partial charge >= 0.3 is 0 Å². The summed E-state index contributed by atoms with van der Waals surface area (Å²) in [4.78, 5) is 8.29. The Balaban J connectivity index is 2.44.